The number of carbonyl (C=O) groups is 2. The number of pyridine rings is 1. The van der Waals surface area contributed by atoms with Crippen molar-refractivity contribution in [2.24, 2.45) is 5.73 Å². The van der Waals surface area contributed by atoms with Crippen LogP contribution in [0.4, 0.5) is 11.5 Å². The molecule has 5 N–H and O–H groups in total. The van der Waals surface area contributed by atoms with Crippen LogP contribution in [-0.4, -0.2) is 26.8 Å². The number of fused-ring (bicyclic) bond motifs is 1. The highest BCUT2D eigenvalue weighted by Gasteiger charge is 2.25. The molecule has 5 aromatic rings. The number of benzene rings is 2. The number of rotatable bonds is 7. The van der Waals surface area contributed by atoms with Gasteiger partial charge in [-0.1, -0.05) is 24.8 Å². The maximum absolute atomic E-state index is 12.4. The molecule has 0 saturated heterocycles. The smallest absolute Gasteiger partial charge is 0.322 e. The minimum absolute atomic E-state index is 0.116. The first kappa shape index (κ1) is 27.9. The number of aromatic nitrogens is 3. The molecule has 0 unspecified atom stereocenters. The molecule has 42 heavy (non-hydrogen) atoms. The molecule has 0 bridgehead atoms. The van der Waals surface area contributed by atoms with Gasteiger partial charge in [0, 0.05) is 39.6 Å². The first-order valence-corrected chi connectivity index (χ1v) is 13.5. The van der Waals surface area contributed by atoms with Crippen molar-refractivity contribution in [3.05, 3.63) is 89.4 Å². The van der Waals surface area contributed by atoms with Gasteiger partial charge in [-0.25, -0.2) is 15.0 Å². The number of amides is 2. The fraction of sp³-hybridized carbons (Fsp3) is 0.0968. The van der Waals surface area contributed by atoms with Crippen molar-refractivity contribution >= 4 is 44.7 Å². The number of carbonyl (C=O) groups excluding carboxylic acids is 2. The van der Waals surface area contributed by atoms with E-state index in [0.717, 1.165) is 27.3 Å². The van der Waals surface area contributed by atoms with Crippen LogP contribution < -0.4 is 21.5 Å². The van der Waals surface area contributed by atoms with Crippen molar-refractivity contribution in [2.75, 3.05) is 11.1 Å². The second-order valence-electron chi connectivity index (χ2n) is 9.46. The molecule has 208 valence electrons. The zero-order valence-electron chi connectivity index (χ0n) is 23.0. The average Bonchev–Trinajstić information content (AvgIpc) is 3.36. The van der Waals surface area contributed by atoms with Crippen LogP contribution in [0.25, 0.3) is 31.7 Å². The SMILES string of the molecule is C=CC(=O)Nc1c(C)ccc(-c2sc3c(C(N)=O)cnc(N)c3c2-c2ccc(Oc3nccc(C)n3)c(C#N)c2)c1C. The van der Waals surface area contributed by atoms with Crippen molar-refractivity contribution in [3.63, 3.8) is 0 Å². The van der Waals surface area contributed by atoms with Gasteiger partial charge in [-0.3, -0.25) is 9.59 Å². The Morgan fingerprint density at radius 1 is 1.14 bits per heavy atom. The number of anilines is 2. The Balaban J connectivity index is 1.78. The lowest BCUT2D eigenvalue weighted by Crippen LogP contribution is -2.11. The van der Waals surface area contributed by atoms with Gasteiger partial charge in [-0.05, 0) is 67.3 Å². The predicted molar refractivity (Wildman–Crippen MR) is 163 cm³/mol. The second kappa shape index (κ2) is 11.1. The summed E-state index contributed by atoms with van der Waals surface area (Å²) in [5.41, 5.74) is 17.7. The van der Waals surface area contributed by atoms with E-state index in [1.165, 1.54) is 23.6 Å². The number of primary amides is 1. The molecule has 0 aliphatic heterocycles. The number of aryl methyl sites for hydroxylation is 2. The van der Waals surface area contributed by atoms with E-state index in [9.17, 15) is 14.9 Å². The highest BCUT2D eigenvalue weighted by molar-refractivity contribution is 7.23. The highest BCUT2D eigenvalue weighted by atomic mass is 32.1. The van der Waals surface area contributed by atoms with Crippen LogP contribution in [0.15, 0.2) is 61.4 Å². The van der Waals surface area contributed by atoms with E-state index < -0.39 is 5.91 Å². The number of thiophene rings is 1. The molecule has 0 fully saturated rings. The van der Waals surface area contributed by atoms with Crippen LogP contribution in [0.5, 0.6) is 11.8 Å². The number of nitrogens with zero attached hydrogens (tertiary/aromatic N) is 4. The van der Waals surface area contributed by atoms with Gasteiger partial charge in [0.15, 0.2) is 0 Å². The summed E-state index contributed by atoms with van der Waals surface area (Å²) in [6, 6.07) is 13.0. The lowest BCUT2D eigenvalue weighted by atomic mass is 9.93. The van der Waals surface area contributed by atoms with Crippen molar-refractivity contribution in [3.8, 4) is 39.4 Å². The number of hydrogen-bond donors (Lipinski definition) is 3. The first-order chi connectivity index (χ1) is 20.1. The standard InChI is InChI=1S/C31H25N7O3S/c1-5-23(39)38-26-15(2)6-8-20(17(26)4)27-24(25-28(42-27)21(30(34)40)14-36-29(25)33)18-7-9-22(19(12-18)13-32)41-31-35-11-10-16(3)37-31/h5-12,14H,1H2,2-4H3,(H2,33,36)(H2,34,40)(H,38,39). The van der Waals surface area contributed by atoms with E-state index >= 15 is 0 Å². The maximum Gasteiger partial charge on any atom is 0.322 e. The minimum Gasteiger partial charge on any atom is -0.423 e. The van der Waals surface area contributed by atoms with Gasteiger partial charge in [-0.2, -0.15) is 5.26 Å². The van der Waals surface area contributed by atoms with Crippen molar-refractivity contribution in [1.29, 1.82) is 5.26 Å². The Kier molecular flexibility index (Phi) is 7.39. The molecule has 2 aromatic carbocycles. The fourth-order valence-electron chi connectivity index (χ4n) is 4.66. The van der Waals surface area contributed by atoms with E-state index in [-0.39, 0.29) is 34.6 Å². The molecule has 10 nitrogen and oxygen atoms in total. The highest BCUT2D eigenvalue weighted by Crippen LogP contribution is 2.49. The first-order valence-electron chi connectivity index (χ1n) is 12.7. The quantitative estimate of drug-likeness (QED) is 0.204. The fourth-order valence-corrected chi connectivity index (χ4v) is 6.09. The summed E-state index contributed by atoms with van der Waals surface area (Å²) in [7, 11) is 0. The van der Waals surface area contributed by atoms with Crippen molar-refractivity contribution < 1.29 is 14.3 Å². The van der Waals surface area contributed by atoms with Crippen LogP contribution in [0, 0.1) is 32.1 Å². The Bertz CT molecular complexity index is 1970. The maximum atomic E-state index is 12.4. The Hall–Kier alpha value is -5.60. The third-order valence-electron chi connectivity index (χ3n) is 6.72. The summed E-state index contributed by atoms with van der Waals surface area (Å²) in [4.78, 5) is 38.0. The molecule has 0 atom stereocenters. The van der Waals surface area contributed by atoms with Crippen LogP contribution in [0.1, 0.15) is 32.7 Å². The van der Waals surface area contributed by atoms with Crippen LogP contribution in [0.3, 0.4) is 0 Å². The lowest BCUT2D eigenvalue weighted by Gasteiger charge is -2.16. The predicted octanol–water partition coefficient (Wildman–Crippen LogP) is 5.82. The molecule has 5 rings (SSSR count). The van der Waals surface area contributed by atoms with E-state index in [1.807, 2.05) is 32.9 Å². The van der Waals surface area contributed by atoms with E-state index in [2.05, 4.69) is 32.9 Å². The van der Waals surface area contributed by atoms with Crippen LogP contribution in [-0.2, 0) is 4.79 Å². The second-order valence-corrected chi connectivity index (χ2v) is 10.5. The summed E-state index contributed by atoms with van der Waals surface area (Å²) < 4.78 is 6.40. The molecule has 0 spiro atoms. The minimum atomic E-state index is -0.647. The van der Waals surface area contributed by atoms with Crippen molar-refractivity contribution in [2.45, 2.75) is 20.8 Å². The van der Waals surface area contributed by atoms with Gasteiger partial charge in [-0.15, -0.1) is 11.3 Å². The van der Waals surface area contributed by atoms with Crippen LogP contribution in [0.2, 0.25) is 0 Å². The number of hydrogen-bond acceptors (Lipinski definition) is 9. The van der Waals surface area contributed by atoms with Crippen molar-refractivity contribution in [1.82, 2.24) is 15.0 Å². The third kappa shape index (κ3) is 5.02. The van der Waals surface area contributed by atoms with Gasteiger partial charge in [0.25, 0.3) is 5.91 Å². The zero-order chi connectivity index (χ0) is 30.1. The van der Waals surface area contributed by atoms with E-state index in [0.29, 0.717) is 26.9 Å². The van der Waals surface area contributed by atoms with Gasteiger partial charge >= 0.3 is 6.01 Å². The van der Waals surface area contributed by atoms with Crippen LogP contribution >= 0.6 is 11.3 Å². The zero-order valence-corrected chi connectivity index (χ0v) is 23.8. The largest absolute Gasteiger partial charge is 0.423 e. The number of nitrogens with one attached hydrogen (secondary N) is 1. The molecule has 0 aliphatic rings. The molecule has 2 amide bonds. The van der Waals surface area contributed by atoms with Gasteiger partial charge in [0.2, 0.25) is 5.91 Å². The molecule has 0 radical (unpaired) electrons. The number of nitrogens with two attached hydrogens (primary N) is 2. The lowest BCUT2D eigenvalue weighted by molar-refractivity contribution is -0.111. The topological polar surface area (TPSA) is 170 Å². The molecule has 0 aliphatic carbocycles. The summed E-state index contributed by atoms with van der Waals surface area (Å²) in [6.45, 7) is 9.15. The third-order valence-corrected chi connectivity index (χ3v) is 7.98. The monoisotopic (exact) mass is 575 g/mol. The average molecular weight is 576 g/mol. The Morgan fingerprint density at radius 2 is 1.93 bits per heavy atom. The normalized spacial score (nSPS) is 10.7. The molecular formula is C31H25N7O3S. The number of ether oxygens (including phenoxy) is 1. The number of nitrogen functional groups attached to an aromatic ring is 1. The van der Waals surface area contributed by atoms with E-state index in [1.54, 1.807) is 30.5 Å². The van der Waals surface area contributed by atoms with Gasteiger partial charge in [0.05, 0.1) is 15.8 Å². The molecule has 3 heterocycles. The Morgan fingerprint density at radius 3 is 2.62 bits per heavy atom. The summed E-state index contributed by atoms with van der Waals surface area (Å²) in [5.74, 6) is -0.514. The summed E-state index contributed by atoms with van der Waals surface area (Å²) in [5, 5.41) is 13.5. The van der Waals surface area contributed by atoms with Gasteiger partial charge in [0.1, 0.15) is 17.6 Å². The summed E-state index contributed by atoms with van der Waals surface area (Å²) in [6.07, 6.45) is 4.14. The summed E-state index contributed by atoms with van der Waals surface area (Å²) >= 11 is 1.33. The molecule has 0 saturated carbocycles. The Labute approximate surface area is 245 Å². The molecular weight excluding hydrogens is 550 g/mol. The van der Waals surface area contributed by atoms with Gasteiger partial charge < -0.3 is 21.5 Å². The molecule has 3 aromatic heterocycles. The van der Waals surface area contributed by atoms with E-state index in [4.69, 9.17) is 16.2 Å². The molecule has 11 heteroatoms. The number of nitriles is 1.